The van der Waals surface area contributed by atoms with E-state index in [1.165, 1.54) is 35.9 Å². The molecule has 2 aromatic rings. The van der Waals surface area contributed by atoms with Crippen LogP contribution in [0.4, 0.5) is 0 Å². The third-order valence-electron chi connectivity index (χ3n) is 6.45. The van der Waals surface area contributed by atoms with Crippen molar-refractivity contribution < 1.29 is 8.42 Å². The van der Waals surface area contributed by atoms with Crippen molar-refractivity contribution in [3.63, 3.8) is 0 Å². The highest BCUT2D eigenvalue weighted by Gasteiger charge is 2.29. The van der Waals surface area contributed by atoms with Crippen molar-refractivity contribution in [2.75, 3.05) is 31.1 Å². The van der Waals surface area contributed by atoms with Crippen LogP contribution in [0.1, 0.15) is 61.8 Å². The monoisotopic (exact) mass is 421 g/mol. The van der Waals surface area contributed by atoms with Gasteiger partial charge in [-0.1, -0.05) is 13.8 Å². The molecule has 4 rings (SSSR count). The van der Waals surface area contributed by atoms with Gasteiger partial charge in [-0.05, 0) is 50.0 Å². The van der Waals surface area contributed by atoms with E-state index in [4.69, 9.17) is 9.97 Å². The number of aromatic nitrogens is 2. The maximum atomic E-state index is 11.6. The predicted molar refractivity (Wildman–Crippen MR) is 116 cm³/mol. The number of hydrogen-bond donors (Lipinski definition) is 0. The van der Waals surface area contributed by atoms with E-state index in [2.05, 4.69) is 24.8 Å². The number of thiophene rings is 1. The predicted octanol–water partition coefficient (Wildman–Crippen LogP) is 3.96. The van der Waals surface area contributed by atoms with E-state index in [1.807, 2.05) is 18.3 Å². The van der Waals surface area contributed by atoms with Gasteiger partial charge in [-0.2, -0.15) is 0 Å². The summed E-state index contributed by atoms with van der Waals surface area (Å²) in [6.07, 6.45) is 5.98. The van der Waals surface area contributed by atoms with Gasteiger partial charge in [-0.25, -0.2) is 18.4 Å². The van der Waals surface area contributed by atoms with Gasteiger partial charge in [-0.15, -0.1) is 11.3 Å². The molecule has 0 atom stereocenters. The fraction of sp³-hybridized carbons (Fsp3) is 0.714. The highest BCUT2D eigenvalue weighted by Crippen LogP contribution is 2.45. The number of nitrogens with zero attached hydrogens (tertiary/aromatic N) is 3. The van der Waals surface area contributed by atoms with Crippen molar-refractivity contribution in [3.8, 4) is 0 Å². The molecule has 1 saturated carbocycles. The van der Waals surface area contributed by atoms with Gasteiger partial charge in [-0.3, -0.25) is 0 Å². The smallest absolute Gasteiger partial charge is 0.152 e. The van der Waals surface area contributed by atoms with Crippen LogP contribution in [0.2, 0.25) is 0 Å². The third-order valence-corrected chi connectivity index (χ3v) is 9.25. The summed E-state index contributed by atoms with van der Waals surface area (Å²) >= 11 is 1.85. The quantitative estimate of drug-likeness (QED) is 0.748. The molecule has 2 aromatic heterocycles. The summed E-state index contributed by atoms with van der Waals surface area (Å²) in [7, 11) is -2.82. The highest BCUT2D eigenvalue weighted by atomic mass is 32.2. The Hall–Kier alpha value is -1.05. The van der Waals surface area contributed by atoms with Crippen LogP contribution in [-0.4, -0.2) is 54.4 Å². The molecule has 3 heterocycles. The Morgan fingerprint density at radius 2 is 1.86 bits per heavy atom. The summed E-state index contributed by atoms with van der Waals surface area (Å²) in [5, 5.41) is 1.21. The first-order valence-electron chi connectivity index (χ1n) is 10.4. The number of fused-ring (bicyclic) bond motifs is 1. The normalized spacial score (nSPS) is 23.2. The van der Waals surface area contributed by atoms with Crippen LogP contribution in [-0.2, 0) is 16.3 Å². The minimum atomic E-state index is -2.82. The molecule has 154 valence electrons. The van der Waals surface area contributed by atoms with E-state index in [0.717, 1.165) is 29.3 Å². The van der Waals surface area contributed by atoms with E-state index in [9.17, 15) is 8.42 Å². The van der Waals surface area contributed by atoms with E-state index >= 15 is 0 Å². The van der Waals surface area contributed by atoms with E-state index < -0.39 is 9.84 Å². The standard InChI is InChI=1S/C21H31N3O2S2/c1-15-22-18(6-9-24-10-12-28(25,26)13-11-24)17-14-19(27-20(17)23-15)16-4-7-21(2,3)8-5-16/h14,16H,4-13H2,1-3H3. The fourth-order valence-electron chi connectivity index (χ4n) is 4.43. The van der Waals surface area contributed by atoms with Gasteiger partial charge in [0.1, 0.15) is 10.7 Å². The van der Waals surface area contributed by atoms with Crippen molar-refractivity contribution in [2.24, 2.45) is 5.41 Å². The van der Waals surface area contributed by atoms with Crippen molar-refractivity contribution in [1.29, 1.82) is 0 Å². The zero-order chi connectivity index (χ0) is 19.9. The molecule has 0 N–H and O–H groups in total. The lowest BCUT2D eigenvalue weighted by Gasteiger charge is -2.33. The molecule has 28 heavy (non-hydrogen) atoms. The topological polar surface area (TPSA) is 63.2 Å². The Labute approximate surface area is 172 Å². The number of aryl methyl sites for hydroxylation is 1. The van der Waals surface area contributed by atoms with Crippen LogP contribution < -0.4 is 0 Å². The lowest BCUT2D eigenvalue weighted by Crippen LogP contribution is -2.41. The molecule has 0 aromatic carbocycles. The molecule has 2 fully saturated rings. The van der Waals surface area contributed by atoms with Gasteiger partial charge < -0.3 is 4.90 Å². The van der Waals surface area contributed by atoms with Gasteiger partial charge >= 0.3 is 0 Å². The van der Waals surface area contributed by atoms with Crippen molar-refractivity contribution in [2.45, 2.75) is 58.8 Å². The van der Waals surface area contributed by atoms with Crippen LogP contribution >= 0.6 is 11.3 Å². The first kappa shape index (κ1) is 20.2. The Morgan fingerprint density at radius 1 is 1.18 bits per heavy atom. The Bertz CT molecular complexity index is 941. The first-order valence-corrected chi connectivity index (χ1v) is 13.0. The van der Waals surface area contributed by atoms with Gasteiger partial charge in [0.25, 0.3) is 0 Å². The Balaban J connectivity index is 1.50. The van der Waals surface area contributed by atoms with Crippen LogP contribution in [0.3, 0.4) is 0 Å². The minimum absolute atomic E-state index is 0.284. The second kappa shape index (κ2) is 7.65. The summed E-state index contributed by atoms with van der Waals surface area (Å²) in [4.78, 5) is 14.3. The SMILES string of the molecule is Cc1nc(CCN2CCS(=O)(=O)CC2)c2cc(C3CCC(C)(C)CC3)sc2n1. The average molecular weight is 422 g/mol. The average Bonchev–Trinajstić information content (AvgIpc) is 3.04. The molecule has 1 saturated heterocycles. The van der Waals surface area contributed by atoms with Gasteiger partial charge in [0.2, 0.25) is 0 Å². The van der Waals surface area contributed by atoms with Gasteiger partial charge in [0.05, 0.1) is 17.2 Å². The number of sulfone groups is 1. The van der Waals surface area contributed by atoms with Crippen molar-refractivity contribution in [3.05, 3.63) is 22.5 Å². The molecular formula is C21H31N3O2S2. The molecule has 0 amide bonds. The fourth-order valence-corrected chi connectivity index (χ4v) is 6.97. The van der Waals surface area contributed by atoms with E-state index in [0.29, 0.717) is 24.4 Å². The summed E-state index contributed by atoms with van der Waals surface area (Å²) in [6, 6.07) is 2.35. The number of rotatable bonds is 4. The van der Waals surface area contributed by atoms with Crippen molar-refractivity contribution >= 4 is 31.4 Å². The maximum Gasteiger partial charge on any atom is 0.152 e. The summed E-state index contributed by atoms with van der Waals surface area (Å²) in [5.74, 6) is 2.06. The largest absolute Gasteiger partial charge is 0.301 e. The first-order chi connectivity index (χ1) is 13.2. The summed E-state index contributed by atoms with van der Waals surface area (Å²) < 4.78 is 23.3. The number of hydrogen-bond acceptors (Lipinski definition) is 6. The molecule has 0 unspecified atom stereocenters. The summed E-state index contributed by atoms with van der Waals surface area (Å²) in [6.45, 7) is 8.88. The second-order valence-corrected chi connectivity index (χ2v) is 12.6. The third kappa shape index (κ3) is 4.57. The van der Waals surface area contributed by atoms with Gasteiger partial charge in [0.15, 0.2) is 9.84 Å². The minimum Gasteiger partial charge on any atom is -0.301 e. The van der Waals surface area contributed by atoms with E-state index in [1.54, 1.807) is 0 Å². The van der Waals surface area contributed by atoms with Crippen LogP contribution in [0.25, 0.3) is 10.2 Å². The molecular weight excluding hydrogens is 390 g/mol. The molecule has 7 heteroatoms. The molecule has 1 aliphatic heterocycles. The Morgan fingerprint density at radius 3 is 2.54 bits per heavy atom. The zero-order valence-electron chi connectivity index (χ0n) is 17.2. The molecule has 0 radical (unpaired) electrons. The van der Waals surface area contributed by atoms with E-state index in [-0.39, 0.29) is 11.5 Å². The Kier molecular flexibility index (Phi) is 5.53. The van der Waals surface area contributed by atoms with Crippen LogP contribution in [0, 0.1) is 12.3 Å². The molecule has 5 nitrogen and oxygen atoms in total. The van der Waals surface area contributed by atoms with Crippen LogP contribution in [0.5, 0.6) is 0 Å². The van der Waals surface area contributed by atoms with Crippen molar-refractivity contribution in [1.82, 2.24) is 14.9 Å². The summed E-state index contributed by atoms with van der Waals surface area (Å²) in [5.41, 5.74) is 1.60. The molecule has 0 spiro atoms. The molecule has 1 aliphatic carbocycles. The highest BCUT2D eigenvalue weighted by molar-refractivity contribution is 7.91. The molecule has 2 aliphatic rings. The van der Waals surface area contributed by atoms with Crippen LogP contribution in [0.15, 0.2) is 6.07 Å². The van der Waals surface area contributed by atoms with Gasteiger partial charge in [0, 0.05) is 36.3 Å². The molecule has 0 bridgehead atoms. The lowest BCUT2D eigenvalue weighted by atomic mass is 9.73. The zero-order valence-corrected chi connectivity index (χ0v) is 18.8. The maximum absolute atomic E-state index is 11.6. The lowest BCUT2D eigenvalue weighted by molar-refractivity contribution is 0.226. The second-order valence-electron chi connectivity index (χ2n) is 9.27.